The number of rotatable bonds is 7. The molecule has 3 rings (SSSR count). The minimum Gasteiger partial charge on any atom is -0.497 e. The minimum absolute atomic E-state index is 0.193. The molecule has 5 nitrogen and oxygen atoms in total. The molecule has 0 aliphatic heterocycles. The molecule has 0 bridgehead atoms. The highest BCUT2D eigenvalue weighted by Crippen LogP contribution is 2.19. The van der Waals surface area contributed by atoms with E-state index in [0.29, 0.717) is 11.3 Å². The Bertz CT molecular complexity index is 1090. The highest BCUT2D eigenvalue weighted by Gasteiger charge is 2.18. The van der Waals surface area contributed by atoms with Crippen molar-refractivity contribution in [3.8, 4) is 5.75 Å². The first-order chi connectivity index (χ1) is 14.9. The van der Waals surface area contributed by atoms with E-state index < -0.39 is 0 Å². The van der Waals surface area contributed by atoms with Crippen LogP contribution in [0.1, 0.15) is 44.9 Å². The molecule has 2 amide bonds. The van der Waals surface area contributed by atoms with Crippen LogP contribution in [-0.4, -0.2) is 18.9 Å². The van der Waals surface area contributed by atoms with E-state index in [9.17, 15) is 9.59 Å². The van der Waals surface area contributed by atoms with Crippen molar-refractivity contribution in [3.63, 3.8) is 0 Å². The van der Waals surface area contributed by atoms with Crippen molar-refractivity contribution in [2.45, 2.75) is 26.8 Å². The molecule has 0 fully saturated rings. The number of thiophene rings is 1. The van der Waals surface area contributed by atoms with Gasteiger partial charge in [0.2, 0.25) is 0 Å². The van der Waals surface area contributed by atoms with E-state index in [4.69, 9.17) is 4.74 Å². The number of amides is 2. The topological polar surface area (TPSA) is 67.4 Å². The molecule has 1 heterocycles. The van der Waals surface area contributed by atoms with Crippen molar-refractivity contribution in [3.05, 3.63) is 92.8 Å². The summed E-state index contributed by atoms with van der Waals surface area (Å²) in [5.41, 5.74) is 4.01. The Morgan fingerprint density at radius 2 is 1.77 bits per heavy atom. The number of aryl methyl sites for hydroxylation is 2. The number of carbonyl (C=O) groups excluding carboxylic acids is 2. The molecule has 0 saturated heterocycles. The zero-order chi connectivity index (χ0) is 22.4. The lowest BCUT2D eigenvalue weighted by molar-refractivity contribution is -0.118. The minimum atomic E-state index is -0.362. The van der Waals surface area contributed by atoms with Gasteiger partial charge >= 0.3 is 0 Å². The molecule has 6 heteroatoms. The predicted molar refractivity (Wildman–Crippen MR) is 125 cm³/mol. The Balaban J connectivity index is 1.80. The second kappa shape index (κ2) is 10.1. The summed E-state index contributed by atoms with van der Waals surface area (Å²) in [6.07, 6.45) is 1.69. The highest BCUT2D eigenvalue weighted by molar-refractivity contribution is 7.10. The fourth-order valence-corrected chi connectivity index (χ4v) is 3.66. The third-order valence-corrected chi connectivity index (χ3v) is 5.87. The fourth-order valence-electron chi connectivity index (χ4n) is 3.00. The van der Waals surface area contributed by atoms with Crippen LogP contribution in [0.4, 0.5) is 0 Å². The van der Waals surface area contributed by atoms with Gasteiger partial charge in [-0.2, -0.15) is 0 Å². The van der Waals surface area contributed by atoms with Crippen molar-refractivity contribution in [2.24, 2.45) is 0 Å². The third-order valence-electron chi connectivity index (χ3n) is 5.05. The van der Waals surface area contributed by atoms with Crippen LogP contribution in [0.2, 0.25) is 0 Å². The lowest BCUT2D eigenvalue weighted by atomic mass is 10.0. The number of hydrogen-bond donors (Lipinski definition) is 2. The summed E-state index contributed by atoms with van der Waals surface area (Å²) in [5.74, 6) is -0.0497. The standard InChI is InChI=1S/C25H26N2O3S/c1-16-7-8-20(14-17(16)2)18(3)26-25(29)23(15-22-6-5-13-31-22)27-24(28)19-9-11-21(30-4)12-10-19/h5-15,18H,1-4H3,(H,26,29)(H,27,28)/b23-15-/t18-/m1/s1. The largest absolute Gasteiger partial charge is 0.497 e. The Kier molecular flexibility index (Phi) is 7.26. The Labute approximate surface area is 186 Å². The van der Waals surface area contributed by atoms with Gasteiger partial charge in [0, 0.05) is 10.4 Å². The normalized spacial score (nSPS) is 12.2. The Morgan fingerprint density at radius 1 is 1.03 bits per heavy atom. The van der Waals surface area contributed by atoms with Crippen molar-refractivity contribution in [1.82, 2.24) is 10.6 Å². The summed E-state index contributed by atoms with van der Waals surface area (Å²) in [6.45, 7) is 6.03. The highest BCUT2D eigenvalue weighted by atomic mass is 32.1. The van der Waals surface area contributed by atoms with Crippen LogP contribution in [0.15, 0.2) is 65.7 Å². The second-order valence-electron chi connectivity index (χ2n) is 7.29. The number of benzene rings is 2. The molecule has 2 aromatic carbocycles. The summed E-state index contributed by atoms with van der Waals surface area (Å²) >= 11 is 1.49. The maximum Gasteiger partial charge on any atom is 0.268 e. The molecule has 2 N–H and O–H groups in total. The van der Waals surface area contributed by atoms with Gasteiger partial charge in [-0.25, -0.2) is 0 Å². The van der Waals surface area contributed by atoms with Crippen LogP contribution in [0.5, 0.6) is 5.75 Å². The molecule has 1 atom stereocenters. The number of hydrogen-bond acceptors (Lipinski definition) is 4. The van der Waals surface area contributed by atoms with E-state index in [1.807, 2.05) is 43.5 Å². The summed E-state index contributed by atoms with van der Waals surface area (Å²) in [6, 6.07) is 16.4. The molecule has 31 heavy (non-hydrogen) atoms. The average molecular weight is 435 g/mol. The van der Waals surface area contributed by atoms with Crippen molar-refractivity contribution >= 4 is 29.2 Å². The first-order valence-corrected chi connectivity index (χ1v) is 10.8. The zero-order valence-electron chi connectivity index (χ0n) is 18.1. The zero-order valence-corrected chi connectivity index (χ0v) is 18.9. The average Bonchev–Trinajstić information content (AvgIpc) is 3.28. The molecule has 0 radical (unpaired) electrons. The van der Waals surface area contributed by atoms with Crippen LogP contribution >= 0.6 is 11.3 Å². The number of ether oxygens (including phenoxy) is 1. The molecule has 0 spiro atoms. The van der Waals surface area contributed by atoms with Gasteiger partial charge in [-0.3, -0.25) is 9.59 Å². The smallest absolute Gasteiger partial charge is 0.268 e. The lowest BCUT2D eigenvalue weighted by Gasteiger charge is -2.17. The van der Waals surface area contributed by atoms with E-state index in [1.165, 1.54) is 22.5 Å². The Morgan fingerprint density at radius 3 is 2.39 bits per heavy atom. The van der Waals surface area contributed by atoms with Gasteiger partial charge in [0.25, 0.3) is 11.8 Å². The number of nitrogens with one attached hydrogen (secondary N) is 2. The third kappa shape index (κ3) is 5.83. The van der Waals surface area contributed by atoms with Crippen molar-refractivity contribution in [1.29, 1.82) is 0 Å². The number of methoxy groups -OCH3 is 1. The van der Waals surface area contributed by atoms with E-state index in [2.05, 4.69) is 23.6 Å². The quantitative estimate of drug-likeness (QED) is 0.513. The Hall–Kier alpha value is -3.38. The molecule has 160 valence electrons. The van der Waals surface area contributed by atoms with Gasteiger partial charge in [-0.05, 0) is 79.2 Å². The van der Waals surface area contributed by atoms with Gasteiger partial charge in [0.15, 0.2) is 0 Å². The van der Waals surface area contributed by atoms with E-state index in [1.54, 1.807) is 37.5 Å². The predicted octanol–water partition coefficient (Wildman–Crippen LogP) is 5.02. The number of carbonyl (C=O) groups is 2. The van der Waals surface area contributed by atoms with Crippen LogP contribution < -0.4 is 15.4 Å². The van der Waals surface area contributed by atoms with Gasteiger partial charge in [-0.1, -0.05) is 24.3 Å². The first kappa shape index (κ1) is 22.3. The van der Waals surface area contributed by atoms with Crippen molar-refractivity contribution in [2.75, 3.05) is 7.11 Å². The summed E-state index contributed by atoms with van der Waals surface area (Å²) in [7, 11) is 1.57. The molecule has 1 aromatic heterocycles. The molecule has 0 unspecified atom stereocenters. The lowest BCUT2D eigenvalue weighted by Crippen LogP contribution is -2.36. The summed E-state index contributed by atoms with van der Waals surface area (Å²) in [4.78, 5) is 26.7. The summed E-state index contributed by atoms with van der Waals surface area (Å²) in [5, 5.41) is 7.68. The fraction of sp³-hybridized carbons (Fsp3) is 0.200. The van der Waals surface area contributed by atoms with Gasteiger partial charge in [0.05, 0.1) is 13.2 Å². The van der Waals surface area contributed by atoms with Gasteiger partial charge in [0.1, 0.15) is 11.4 Å². The van der Waals surface area contributed by atoms with Crippen molar-refractivity contribution < 1.29 is 14.3 Å². The molecular weight excluding hydrogens is 408 g/mol. The van der Waals surface area contributed by atoms with E-state index >= 15 is 0 Å². The van der Waals surface area contributed by atoms with Gasteiger partial charge in [-0.15, -0.1) is 11.3 Å². The van der Waals surface area contributed by atoms with E-state index in [0.717, 1.165) is 10.4 Å². The monoisotopic (exact) mass is 434 g/mol. The first-order valence-electron chi connectivity index (χ1n) is 9.96. The summed E-state index contributed by atoms with van der Waals surface area (Å²) < 4.78 is 5.13. The molecule has 0 aliphatic carbocycles. The molecule has 0 aliphatic rings. The van der Waals surface area contributed by atoms with E-state index in [-0.39, 0.29) is 23.6 Å². The molecule has 3 aromatic rings. The SMILES string of the molecule is COc1ccc(C(=O)N/C(=C\c2cccs2)C(=O)N[C@H](C)c2ccc(C)c(C)c2)cc1. The van der Waals surface area contributed by atoms with Gasteiger partial charge < -0.3 is 15.4 Å². The van der Waals surface area contributed by atoms with Crippen LogP contribution in [0, 0.1) is 13.8 Å². The van der Waals surface area contributed by atoms with Crippen LogP contribution in [0.3, 0.4) is 0 Å². The maximum atomic E-state index is 13.1. The maximum absolute atomic E-state index is 13.1. The second-order valence-corrected chi connectivity index (χ2v) is 8.27. The molecular formula is C25H26N2O3S. The van der Waals surface area contributed by atoms with Crippen LogP contribution in [-0.2, 0) is 4.79 Å². The molecule has 0 saturated carbocycles. The van der Waals surface area contributed by atoms with Crippen LogP contribution in [0.25, 0.3) is 6.08 Å².